The second kappa shape index (κ2) is 10.3. The van der Waals surface area contributed by atoms with Crippen molar-refractivity contribution in [3.63, 3.8) is 0 Å². The van der Waals surface area contributed by atoms with Gasteiger partial charge in [-0.05, 0) is 12.8 Å². The molecule has 0 saturated carbocycles. The molecule has 0 heterocycles. The number of aliphatic carboxylic acids is 1. The Kier molecular flexibility index (Phi) is 12.0. The molecule has 3 nitrogen and oxygen atoms in total. The van der Waals surface area contributed by atoms with Crippen LogP contribution in [0.3, 0.4) is 0 Å². The Bertz CT molecular complexity index is 157. The summed E-state index contributed by atoms with van der Waals surface area (Å²) in [4.78, 5) is 10.1. The van der Waals surface area contributed by atoms with Gasteiger partial charge in [0.15, 0.2) is 0 Å². The quantitative estimate of drug-likeness (QED) is 0.369. The average molecular weight is 204 g/mol. The van der Waals surface area contributed by atoms with Gasteiger partial charge >= 0.3 is 5.97 Å². The van der Waals surface area contributed by atoms with Gasteiger partial charge in [0, 0.05) is 5.57 Å². The molecule has 0 atom stereocenters. The molecule has 0 amide bonds. The van der Waals surface area contributed by atoms with Gasteiger partial charge in [0.25, 0.3) is 0 Å². The van der Waals surface area contributed by atoms with Crippen molar-refractivity contribution in [2.75, 3.05) is 0 Å². The van der Waals surface area contributed by atoms with Crippen LogP contribution < -0.4 is 0 Å². The van der Waals surface area contributed by atoms with E-state index in [1.165, 1.54) is 0 Å². The molecular formula is C7H16O3Si2. The van der Waals surface area contributed by atoms with Crippen LogP contribution in [0, 0.1) is 0 Å². The third kappa shape index (κ3) is 12.1. The van der Waals surface area contributed by atoms with E-state index >= 15 is 0 Å². The first-order chi connectivity index (χ1) is 5.59. The van der Waals surface area contributed by atoms with Crippen molar-refractivity contribution in [1.82, 2.24) is 0 Å². The van der Waals surface area contributed by atoms with E-state index in [1.807, 2.05) is 0 Å². The van der Waals surface area contributed by atoms with Gasteiger partial charge in [-0.1, -0.05) is 12.7 Å². The zero-order valence-corrected chi connectivity index (χ0v) is 11.7. The van der Waals surface area contributed by atoms with E-state index in [-0.39, 0.29) is 5.57 Å². The van der Waals surface area contributed by atoms with Gasteiger partial charge in [0.1, 0.15) is 21.0 Å². The van der Waals surface area contributed by atoms with E-state index in [4.69, 9.17) is 5.11 Å². The highest BCUT2D eigenvalue weighted by atomic mass is 28.3. The number of allylic oxidation sites excluding steroid dienone is 1. The SMILES string of the molecule is C=CCCC(=C)C(=O)O.[SiH3]O[SiH3]. The average Bonchev–Trinajstić information content (AvgIpc) is 2.01. The monoisotopic (exact) mass is 204 g/mol. The molecule has 70 valence electrons. The predicted octanol–water partition coefficient (Wildman–Crippen LogP) is -0.843. The van der Waals surface area contributed by atoms with E-state index in [9.17, 15) is 4.79 Å². The normalized spacial score (nSPS) is 8.33. The highest BCUT2D eigenvalue weighted by molar-refractivity contribution is 6.15. The summed E-state index contributed by atoms with van der Waals surface area (Å²) >= 11 is 0. The highest BCUT2D eigenvalue weighted by Gasteiger charge is 1.99. The molecule has 0 fully saturated rings. The number of hydrogen-bond donors (Lipinski definition) is 1. The molecular weight excluding hydrogens is 188 g/mol. The zero-order chi connectivity index (χ0) is 9.98. The molecule has 0 unspecified atom stereocenters. The molecule has 12 heavy (non-hydrogen) atoms. The lowest BCUT2D eigenvalue weighted by atomic mass is 10.2. The van der Waals surface area contributed by atoms with E-state index in [1.54, 1.807) is 6.08 Å². The number of carboxylic acid groups (broad SMARTS) is 1. The van der Waals surface area contributed by atoms with E-state index in [0.717, 1.165) is 21.0 Å². The van der Waals surface area contributed by atoms with Crippen LogP contribution in [0.2, 0.25) is 0 Å². The van der Waals surface area contributed by atoms with Crippen LogP contribution in [0.25, 0.3) is 0 Å². The smallest absolute Gasteiger partial charge is 0.330 e. The van der Waals surface area contributed by atoms with Crippen LogP contribution in [0.15, 0.2) is 24.8 Å². The van der Waals surface area contributed by atoms with Gasteiger partial charge in [-0.15, -0.1) is 6.58 Å². The first-order valence-electron chi connectivity index (χ1n) is 3.52. The lowest BCUT2D eigenvalue weighted by Gasteiger charge is -1.93. The fourth-order valence-corrected chi connectivity index (χ4v) is 0.383. The minimum Gasteiger partial charge on any atom is -0.478 e. The molecule has 0 aromatic rings. The number of carboxylic acids is 1. The Hall–Kier alpha value is -0.656. The largest absolute Gasteiger partial charge is 0.478 e. The van der Waals surface area contributed by atoms with Crippen molar-refractivity contribution in [3.05, 3.63) is 24.8 Å². The lowest BCUT2D eigenvalue weighted by molar-refractivity contribution is -0.132. The Morgan fingerprint density at radius 3 is 2.25 bits per heavy atom. The summed E-state index contributed by atoms with van der Waals surface area (Å²) in [5.74, 6) is -0.920. The van der Waals surface area contributed by atoms with Crippen molar-refractivity contribution in [2.24, 2.45) is 0 Å². The molecule has 0 aliphatic rings. The molecule has 0 saturated heterocycles. The Morgan fingerprint density at radius 2 is 2.00 bits per heavy atom. The fourth-order valence-electron chi connectivity index (χ4n) is 0.383. The summed E-state index contributed by atoms with van der Waals surface area (Å²) in [7, 11) is 1.86. The summed E-state index contributed by atoms with van der Waals surface area (Å²) in [6.07, 6.45) is 2.86. The zero-order valence-electron chi connectivity index (χ0n) is 7.67. The molecule has 5 heteroatoms. The van der Waals surface area contributed by atoms with Crippen molar-refractivity contribution >= 4 is 26.9 Å². The minimum absolute atomic E-state index is 0.245. The van der Waals surface area contributed by atoms with Crippen molar-refractivity contribution in [3.8, 4) is 0 Å². The maximum absolute atomic E-state index is 10.1. The second-order valence-electron chi connectivity index (χ2n) is 2.14. The maximum atomic E-state index is 10.1. The number of carbonyl (C=O) groups is 1. The van der Waals surface area contributed by atoms with E-state index in [0.29, 0.717) is 12.8 Å². The topological polar surface area (TPSA) is 46.5 Å². The van der Waals surface area contributed by atoms with Crippen molar-refractivity contribution in [1.29, 1.82) is 0 Å². The summed E-state index contributed by atoms with van der Waals surface area (Å²) in [5.41, 5.74) is 0.245. The van der Waals surface area contributed by atoms with Crippen LogP contribution >= 0.6 is 0 Å². The summed E-state index contributed by atoms with van der Waals surface area (Å²) < 4.78 is 4.53. The van der Waals surface area contributed by atoms with E-state index in [2.05, 4.69) is 17.3 Å². The van der Waals surface area contributed by atoms with Crippen molar-refractivity contribution < 1.29 is 14.0 Å². The predicted molar refractivity (Wildman–Crippen MR) is 57.2 cm³/mol. The maximum Gasteiger partial charge on any atom is 0.330 e. The van der Waals surface area contributed by atoms with Gasteiger partial charge in [0.05, 0.1) is 0 Å². The van der Waals surface area contributed by atoms with Crippen LogP contribution in [-0.4, -0.2) is 32.0 Å². The molecule has 0 aromatic carbocycles. The lowest BCUT2D eigenvalue weighted by Crippen LogP contribution is -1.97. The van der Waals surface area contributed by atoms with Gasteiger partial charge in [-0.25, -0.2) is 4.79 Å². The summed E-state index contributed by atoms with van der Waals surface area (Å²) in [5, 5.41) is 8.27. The third-order valence-electron chi connectivity index (χ3n) is 0.953. The second-order valence-corrected chi connectivity index (χ2v) is 5.41. The molecule has 0 aliphatic heterocycles. The van der Waals surface area contributed by atoms with Gasteiger partial charge < -0.3 is 9.22 Å². The molecule has 0 radical (unpaired) electrons. The first kappa shape index (κ1) is 13.9. The van der Waals surface area contributed by atoms with E-state index < -0.39 is 5.97 Å². The molecule has 0 aromatic heterocycles. The van der Waals surface area contributed by atoms with Gasteiger partial charge in [-0.2, -0.15) is 0 Å². The van der Waals surface area contributed by atoms with Crippen LogP contribution in [0.1, 0.15) is 12.8 Å². The Morgan fingerprint density at radius 1 is 1.58 bits per heavy atom. The van der Waals surface area contributed by atoms with Crippen molar-refractivity contribution in [2.45, 2.75) is 12.8 Å². The first-order valence-corrected chi connectivity index (χ1v) is 5.15. The fraction of sp³-hybridized carbons (Fsp3) is 0.286. The molecule has 0 aliphatic carbocycles. The Labute approximate surface area is 79.2 Å². The highest BCUT2D eigenvalue weighted by Crippen LogP contribution is 2.01. The molecule has 0 spiro atoms. The van der Waals surface area contributed by atoms with Crippen LogP contribution in [0.5, 0.6) is 0 Å². The molecule has 0 rings (SSSR count). The van der Waals surface area contributed by atoms with Crippen LogP contribution in [-0.2, 0) is 8.91 Å². The third-order valence-corrected chi connectivity index (χ3v) is 0.953. The minimum atomic E-state index is -0.920. The summed E-state index contributed by atoms with van der Waals surface area (Å²) in [6.45, 7) is 6.80. The van der Waals surface area contributed by atoms with Gasteiger partial charge in [0.2, 0.25) is 0 Å². The Balaban J connectivity index is 0. The van der Waals surface area contributed by atoms with Crippen LogP contribution in [0.4, 0.5) is 0 Å². The number of hydrogen-bond acceptors (Lipinski definition) is 2. The summed E-state index contributed by atoms with van der Waals surface area (Å²) in [6, 6.07) is 0. The molecule has 1 N–H and O–H groups in total. The number of rotatable bonds is 4. The standard InChI is InChI=1S/C7H10O2.H6OSi2/c1-3-4-5-6(2)7(8)9;2-1-3/h3H,1-2,4-5H2,(H,8,9);2-3H3. The molecule has 0 bridgehead atoms. The van der Waals surface area contributed by atoms with Gasteiger partial charge in [-0.3, -0.25) is 0 Å².